The van der Waals surface area contributed by atoms with Crippen LogP contribution in [-0.2, 0) is 5.41 Å². The summed E-state index contributed by atoms with van der Waals surface area (Å²) in [5.74, 6) is 3.36. The molecule has 1 unspecified atom stereocenters. The maximum Gasteiger partial charge on any atom is 0.263 e. The fourth-order valence-corrected chi connectivity index (χ4v) is 6.83. The van der Waals surface area contributed by atoms with E-state index in [9.17, 15) is 9.59 Å². The van der Waals surface area contributed by atoms with Crippen LogP contribution in [0.1, 0.15) is 67.5 Å². The molecule has 8 heteroatoms. The lowest BCUT2D eigenvalue weighted by atomic mass is 9.49. The second-order valence-corrected chi connectivity index (χ2v) is 9.67. The smallest absolute Gasteiger partial charge is 0.263 e. The lowest BCUT2D eigenvalue weighted by molar-refractivity contribution is -0.00955. The Morgan fingerprint density at radius 3 is 2.34 bits per heavy atom. The summed E-state index contributed by atoms with van der Waals surface area (Å²) in [5, 5.41) is 0. The summed E-state index contributed by atoms with van der Waals surface area (Å²) in [4.78, 5) is 35.1. The van der Waals surface area contributed by atoms with E-state index in [2.05, 4.69) is 9.97 Å². The molecule has 6 nitrogen and oxygen atoms in total. The van der Waals surface area contributed by atoms with Crippen LogP contribution in [-0.4, -0.2) is 40.4 Å². The number of nitrogens with one attached hydrogen (secondary N) is 1. The lowest BCUT2D eigenvalue weighted by Crippen LogP contribution is -2.50. The van der Waals surface area contributed by atoms with E-state index >= 15 is 0 Å². The summed E-state index contributed by atoms with van der Waals surface area (Å²) >= 11 is 0. The molecule has 6 rings (SSSR count). The number of H-pyrrole nitrogens is 1. The fraction of sp³-hybridized carbons (Fsp3) is 0.762. The van der Waals surface area contributed by atoms with Gasteiger partial charge in [-0.3, -0.25) is 9.59 Å². The number of carbonyl (C=O) groups is 1. The van der Waals surface area contributed by atoms with Crippen molar-refractivity contribution in [2.24, 2.45) is 29.4 Å². The Hall–Kier alpha value is -1.11. The molecule has 1 aliphatic heterocycles. The van der Waals surface area contributed by atoms with Gasteiger partial charge in [-0.15, -0.1) is 24.8 Å². The van der Waals surface area contributed by atoms with Gasteiger partial charge in [0.15, 0.2) is 0 Å². The first-order valence-electron chi connectivity index (χ1n) is 10.7. The highest BCUT2D eigenvalue weighted by Crippen LogP contribution is 2.59. The predicted molar refractivity (Wildman–Crippen MR) is 117 cm³/mol. The van der Waals surface area contributed by atoms with Crippen molar-refractivity contribution in [1.82, 2.24) is 14.9 Å². The van der Waals surface area contributed by atoms with E-state index in [4.69, 9.17) is 5.73 Å². The van der Waals surface area contributed by atoms with Crippen molar-refractivity contribution in [2.45, 2.75) is 56.8 Å². The van der Waals surface area contributed by atoms with Crippen LogP contribution in [0.25, 0.3) is 0 Å². The molecule has 4 aliphatic carbocycles. The van der Waals surface area contributed by atoms with E-state index in [1.807, 2.05) is 0 Å². The first-order valence-corrected chi connectivity index (χ1v) is 10.7. The standard InChI is InChI=1S/C21H30N4O2.2ClH/c22-10-13-2-1-3-25(12-13)19(27)17-11-23-20(24-18(17)26)21-7-14-4-15(8-21)6-16(5-14)9-21;;/h11,13-16H,1-10,12,22H2,(H,23,24,26);2*1H. The molecule has 2 heterocycles. The second-order valence-electron chi connectivity index (χ2n) is 9.67. The molecule has 0 spiro atoms. The van der Waals surface area contributed by atoms with Crippen molar-refractivity contribution < 1.29 is 4.79 Å². The van der Waals surface area contributed by atoms with Crippen LogP contribution in [0, 0.1) is 23.7 Å². The summed E-state index contributed by atoms with van der Waals surface area (Å²) < 4.78 is 0. The number of carbonyl (C=O) groups excluding carboxylic acids is 1. The number of aromatic amines is 1. The monoisotopic (exact) mass is 442 g/mol. The molecule has 5 aliphatic rings. The topological polar surface area (TPSA) is 92.1 Å². The van der Waals surface area contributed by atoms with Gasteiger partial charge in [0.2, 0.25) is 0 Å². The third kappa shape index (κ3) is 3.96. The molecule has 162 valence electrons. The highest BCUT2D eigenvalue weighted by Gasteiger charge is 2.53. The van der Waals surface area contributed by atoms with Crippen molar-refractivity contribution in [3.63, 3.8) is 0 Å². The number of halogens is 2. The zero-order chi connectivity index (χ0) is 18.6. The molecule has 1 aromatic rings. The minimum atomic E-state index is -0.268. The average Bonchev–Trinajstić information content (AvgIpc) is 2.66. The number of nitrogens with two attached hydrogens (primary N) is 1. The minimum absolute atomic E-state index is 0. The van der Waals surface area contributed by atoms with E-state index in [1.54, 1.807) is 11.1 Å². The summed E-state index contributed by atoms with van der Waals surface area (Å²) in [6.07, 6.45) is 11.1. The van der Waals surface area contributed by atoms with Crippen molar-refractivity contribution in [3.8, 4) is 0 Å². The summed E-state index contributed by atoms with van der Waals surface area (Å²) in [7, 11) is 0. The van der Waals surface area contributed by atoms with Crippen molar-refractivity contribution in [2.75, 3.05) is 19.6 Å². The predicted octanol–water partition coefficient (Wildman–Crippen LogP) is 2.89. The van der Waals surface area contributed by atoms with Gasteiger partial charge < -0.3 is 15.6 Å². The quantitative estimate of drug-likeness (QED) is 0.752. The SMILES string of the molecule is Cl.Cl.NCC1CCCN(C(=O)c2cnc(C34CC5CC(CC(C5)C3)C4)[nH]c2=O)C1. The zero-order valence-electron chi connectivity index (χ0n) is 16.8. The Morgan fingerprint density at radius 1 is 1.17 bits per heavy atom. The van der Waals surface area contributed by atoms with E-state index in [-0.39, 0.29) is 47.3 Å². The van der Waals surface area contributed by atoms with Gasteiger partial charge >= 0.3 is 0 Å². The first kappa shape index (κ1) is 22.6. The van der Waals surface area contributed by atoms with Gasteiger partial charge in [0.05, 0.1) is 0 Å². The van der Waals surface area contributed by atoms with E-state index < -0.39 is 0 Å². The van der Waals surface area contributed by atoms with Gasteiger partial charge in [-0.05, 0) is 81.6 Å². The zero-order valence-corrected chi connectivity index (χ0v) is 18.4. The minimum Gasteiger partial charge on any atom is -0.338 e. The number of nitrogens with zero attached hydrogens (tertiary/aromatic N) is 2. The Kier molecular flexibility index (Phi) is 6.66. The van der Waals surface area contributed by atoms with E-state index in [0.29, 0.717) is 25.6 Å². The van der Waals surface area contributed by atoms with E-state index in [1.165, 1.54) is 19.3 Å². The molecule has 1 aromatic heterocycles. The Balaban J connectivity index is 0.00000120. The lowest BCUT2D eigenvalue weighted by Gasteiger charge is -2.56. The molecule has 5 fully saturated rings. The van der Waals surface area contributed by atoms with Crippen molar-refractivity contribution in [1.29, 1.82) is 0 Å². The summed E-state index contributed by atoms with van der Waals surface area (Å²) in [5.41, 5.74) is 5.74. The largest absolute Gasteiger partial charge is 0.338 e. The summed E-state index contributed by atoms with van der Waals surface area (Å²) in [6.45, 7) is 1.93. The van der Waals surface area contributed by atoms with Gasteiger partial charge in [0.1, 0.15) is 11.4 Å². The molecule has 1 amide bonds. The molecule has 0 aromatic carbocycles. The molecular formula is C21H32Cl2N4O2. The maximum atomic E-state index is 12.9. The molecular weight excluding hydrogens is 411 g/mol. The number of rotatable bonds is 3. The number of hydrogen-bond acceptors (Lipinski definition) is 4. The van der Waals surface area contributed by atoms with Gasteiger partial charge in [0.25, 0.3) is 11.5 Å². The molecule has 29 heavy (non-hydrogen) atoms. The molecule has 1 saturated heterocycles. The van der Waals surface area contributed by atoms with Crippen LogP contribution in [0.5, 0.6) is 0 Å². The summed E-state index contributed by atoms with van der Waals surface area (Å²) in [6, 6.07) is 0. The average molecular weight is 443 g/mol. The molecule has 3 N–H and O–H groups in total. The number of amides is 1. The van der Waals surface area contributed by atoms with Crippen LogP contribution >= 0.6 is 24.8 Å². The number of hydrogen-bond donors (Lipinski definition) is 2. The third-order valence-corrected chi connectivity index (χ3v) is 7.71. The second kappa shape index (κ2) is 8.56. The van der Waals surface area contributed by atoms with Gasteiger partial charge in [-0.25, -0.2) is 4.98 Å². The third-order valence-electron chi connectivity index (χ3n) is 7.71. The number of likely N-dealkylation sites (tertiary alicyclic amines) is 1. The highest BCUT2D eigenvalue weighted by atomic mass is 35.5. The van der Waals surface area contributed by atoms with Crippen LogP contribution in [0.4, 0.5) is 0 Å². The number of aromatic nitrogens is 2. The maximum absolute atomic E-state index is 12.9. The van der Waals surface area contributed by atoms with Crippen LogP contribution in [0.3, 0.4) is 0 Å². The first-order chi connectivity index (χ1) is 13.1. The van der Waals surface area contributed by atoms with E-state index in [0.717, 1.165) is 55.7 Å². The Bertz CT molecular complexity index is 777. The van der Waals surface area contributed by atoms with Gasteiger partial charge in [-0.1, -0.05) is 0 Å². The fourth-order valence-electron chi connectivity index (χ4n) is 6.83. The Labute approximate surface area is 184 Å². The molecule has 4 saturated carbocycles. The van der Waals surface area contributed by atoms with Crippen molar-refractivity contribution >= 4 is 30.7 Å². The Morgan fingerprint density at radius 2 is 1.79 bits per heavy atom. The molecule has 4 bridgehead atoms. The van der Waals surface area contributed by atoms with Gasteiger partial charge in [0, 0.05) is 24.7 Å². The normalized spacial score (nSPS) is 35.0. The van der Waals surface area contributed by atoms with Crippen molar-refractivity contribution in [3.05, 3.63) is 27.9 Å². The number of piperidine rings is 1. The highest BCUT2D eigenvalue weighted by molar-refractivity contribution is 5.93. The molecule has 0 radical (unpaired) electrons. The van der Waals surface area contributed by atoms with Crippen LogP contribution < -0.4 is 11.3 Å². The van der Waals surface area contributed by atoms with Crippen LogP contribution in [0.15, 0.2) is 11.0 Å². The van der Waals surface area contributed by atoms with Crippen LogP contribution in [0.2, 0.25) is 0 Å². The van der Waals surface area contributed by atoms with Gasteiger partial charge in [-0.2, -0.15) is 0 Å². The molecule has 1 atom stereocenters.